The number of nitrogens with zero attached hydrogens (tertiary/aromatic N) is 1. The number of nitrogens with two attached hydrogens (primary N) is 1. The Hall–Kier alpha value is -2.37. The number of primary amides is 1. The molecule has 0 radical (unpaired) electrons. The summed E-state index contributed by atoms with van der Waals surface area (Å²) in [6, 6.07) is 9.81. The number of hydrogen-bond acceptors (Lipinski definition) is 4. The van der Waals surface area contributed by atoms with Crippen LogP contribution in [0.25, 0.3) is 0 Å². The van der Waals surface area contributed by atoms with Crippen molar-refractivity contribution >= 4 is 17.8 Å². The molecule has 6 nitrogen and oxygen atoms in total. The van der Waals surface area contributed by atoms with E-state index in [1.807, 2.05) is 30.3 Å². The highest BCUT2D eigenvalue weighted by molar-refractivity contribution is 5.87. The molecule has 130 valence electrons. The van der Waals surface area contributed by atoms with Crippen LogP contribution in [-0.2, 0) is 25.5 Å². The second-order valence-electron chi connectivity index (χ2n) is 6.16. The van der Waals surface area contributed by atoms with Gasteiger partial charge in [0.05, 0.1) is 19.4 Å². The van der Waals surface area contributed by atoms with Gasteiger partial charge in [-0.15, -0.1) is 0 Å². The summed E-state index contributed by atoms with van der Waals surface area (Å²) in [7, 11) is 1.31. The highest BCUT2D eigenvalue weighted by Crippen LogP contribution is 2.29. The zero-order valence-corrected chi connectivity index (χ0v) is 13.9. The number of carbonyl (C=O) groups is 3. The Kier molecular flexibility index (Phi) is 6.35. The predicted molar refractivity (Wildman–Crippen MR) is 88.8 cm³/mol. The van der Waals surface area contributed by atoms with Crippen LogP contribution < -0.4 is 5.73 Å². The molecule has 0 aromatic heterocycles. The molecule has 1 fully saturated rings. The summed E-state index contributed by atoms with van der Waals surface area (Å²) in [5.74, 6) is -1.34. The third kappa shape index (κ3) is 4.81. The van der Waals surface area contributed by atoms with Crippen LogP contribution in [0.2, 0.25) is 0 Å². The molecule has 0 bridgehead atoms. The van der Waals surface area contributed by atoms with Crippen molar-refractivity contribution < 1.29 is 19.1 Å². The van der Waals surface area contributed by atoms with E-state index in [9.17, 15) is 14.4 Å². The molecule has 1 aliphatic rings. The quantitative estimate of drug-likeness (QED) is 0.726. The highest BCUT2D eigenvalue weighted by Gasteiger charge is 2.40. The number of likely N-dealkylation sites (tertiary alicyclic amines) is 1. The SMILES string of the molecule is COC(=O)C[C@@H]1C[C@@H](CC(N)=O)N(CCCc2ccccc2)C1=O. The topological polar surface area (TPSA) is 89.7 Å². The number of ether oxygens (including phenoxy) is 1. The fourth-order valence-corrected chi connectivity index (χ4v) is 3.24. The molecular weight excluding hydrogens is 308 g/mol. The van der Waals surface area contributed by atoms with Gasteiger partial charge in [-0.3, -0.25) is 14.4 Å². The lowest BCUT2D eigenvalue weighted by molar-refractivity contribution is -0.145. The second kappa shape index (κ2) is 8.47. The molecule has 1 aliphatic heterocycles. The first kappa shape index (κ1) is 18.0. The molecule has 2 atom stereocenters. The summed E-state index contributed by atoms with van der Waals surface area (Å²) in [4.78, 5) is 37.0. The number of methoxy groups -OCH3 is 1. The van der Waals surface area contributed by atoms with Crippen molar-refractivity contribution in [3.8, 4) is 0 Å². The lowest BCUT2D eigenvalue weighted by atomic mass is 10.00. The molecule has 0 unspecified atom stereocenters. The average Bonchev–Trinajstić information content (AvgIpc) is 2.83. The molecule has 2 N–H and O–H groups in total. The highest BCUT2D eigenvalue weighted by atomic mass is 16.5. The second-order valence-corrected chi connectivity index (χ2v) is 6.16. The first-order valence-electron chi connectivity index (χ1n) is 8.20. The monoisotopic (exact) mass is 332 g/mol. The molecular formula is C18H24N2O4. The van der Waals surface area contributed by atoms with Crippen molar-refractivity contribution in [2.45, 2.75) is 38.1 Å². The normalized spacial score (nSPS) is 20.2. The number of benzene rings is 1. The molecule has 0 spiro atoms. The van der Waals surface area contributed by atoms with Crippen LogP contribution in [0.4, 0.5) is 0 Å². The van der Waals surface area contributed by atoms with Crippen molar-refractivity contribution in [2.75, 3.05) is 13.7 Å². The molecule has 2 rings (SSSR count). The van der Waals surface area contributed by atoms with Crippen molar-refractivity contribution in [2.24, 2.45) is 11.7 Å². The maximum absolute atomic E-state index is 12.6. The van der Waals surface area contributed by atoms with Crippen LogP contribution in [0.1, 0.15) is 31.2 Å². The van der Waals surface area contributed by atoms with E-state index in [0.717, 1.165) is 12.8 Å². The lowest BCUT2D eigenvalue weighted by Crippen LogP contribution is -2.37. The Balaban J connectivity index is 1.96. The van der Waals surface area contributed by atoms with Gasteiger partial charge in [0.25, 0.3) is 0 Å². The van der Waals surface area contributed by atoms with Gasteiger partial charge in [-0.25, -0.2) is 0 Å². The van der Waals surface area contributed by atoms with Gasteiger partial charge in [0.1, 0.15) is 0 Å². The zero-order valence-electron chi connectivity index (χ0n) is 13.9. The van der Waals surface area contributed by atoms with E-state index >= 15 is 0 Å². The van der Waals surface area contributed by atoms with Crippen LogP contribution in [0.3, 0.4) is 0 Å². The van der Waals surface area contributed by atoms with E-state index in [0.29, 0.717) is 13.0 Å². The van der Waals surface area contributed by atoms with Crippen LogP contribution in [0, 0.1) is 5.92 Å². The van der Waals surface area contributed by atoms with Gasteiger partial charge in [0, 0.05) is 19.0 Å². The first-order chi connectivity index (χ1) is 11.5. The van der Waals surface area contributed by atoms with Gasteiger partial charge in [0.15, 0.2) is 0 Å². The maximum Gasteiger partial charge on any atom is 0.306 e. The Labute approximate surface area is 142 Å². The minimum absolute atomic E-state index is 0.0553. The van der Waals surface area contributed by atoms with Crippen molar-refractivity contribution in [3.63, 3.8) is 0 Å². The van der Waals surface area contributed by atoms with Crippen LogP contribution >= 0.6 is 0 Å². The molecule has 6 heteroatoms. The molecule has 24 heavy (non-hydrogen) atoms. The van der Waals surface area contributed by atoms with E-state index in [2.05, 4.69) is 4.74 Å². The zero-order chi connectivity index (χ0) is 17.5. The molecule has 1 heterocycles. The van der Waals surface area contributed by atoms with Crippen LogP contribution in [0.5, 0.6) is 0 Å². The van der Waals surface area contributed by atoms with Gasteiger partial charge in [0.2, 0.25) is 11.8 Å². The third-order valence-electron chi connectivity index (χ3n) is 4.41. The van der Waals surface area contributed by atoms with Crippen LogP contribution in [-0.4, -0.2) is 42.4 Å². The molecule has 0 saturated carbocycles. The van der Waals surface area contributed by atoms with Crippen molar-refractivity contribution in [3.05, 3.63) is 35.9 Å². The smallest absolute Gasteiger partial charge is 0.306 e. The average molecular weight is 332 g/mol. The van der Waals surface area contributed by atoms with E-state index in [1.54, 1.807) is 4.90 Å². The number of rotatable bonds is 8. The summed E-state index contributed by atoms with van der Waals surface area (Å²) >= 11 is 0. The van der Waals surface area contributed by atoms with E-state index in [4.69, 9.17) is 5.73 Å². The van der Waals surface area contributed by atoms with E-state index in [-0.39, 0.29) is 24.8 Å². The number of esters is 1. The molecule has 2 amide bonds. The third-order valence-corrected chi connectivity index (χ3v) is 4.41. The van der Waals surface area contributed by atoms with E-state index < -0.39 is 17.8 Å². The van der Waals surface area contributed by atoms with Gasteiger partial charge >= 0.3 is 5.97 Å². The Morgan fingerprint density at radius 3 is 2.58 bits per heavy atom. The molecule has 1 aromatic carbocycles. The van der Waals surface area contributed by atoms with Gasteiger partial charge in [-0.2, -0.15) is 0 Å². The number of aryl methyl sites for hydroxylation is 1. The lowest BCUT2D eigenvalue weighted by Gasteiger charge is -2.24. The number of hydrogen-bond donors (Lipinski definition) is 1. The van der Waals surface area contributed by atoms with Gasteiger partial charge in [-0.05, 0) is 24.8 Å². The Morgan fingerprint density at radius 2 is 1.96 bits per heavy atom. The van der Waals surface area contributed by atoms with Crippen LogP contribution in [0.15, 0.2) is 30.3 Å². The summed E-state index contributed by atoms with van der Waals surface area (Å²) in [5, 5.41) is 0. The Bertz CT molecular complexity index is 588. The van der Waals surface area contributed by atoms with Gasteiger partial charge < -0.3 is 15.4 Å². The summed E-state index contributed by atoms with van der Waals surface area (Å²) < 4.78 is 4.65. The molecule has 0 aliphatic carbocycles. The number of amides is 2. The van der Waals surface area contributed by atoms with Gasteiger partial charge in [-0.1, -0.05) is 30.3 Å². The first-order valence-corrected chi connectivity index (χ1v) is 8.20. The minimum atomic E-state index is -0.431. The molecule has 1 aromatic rings. The van der Waals surface area contributed by atoms with Crippen molar-refractivity contribution in [1.82, 2.24) is 4.90 Å². The maximum atomic E-state index is 12.6. The largest absolute Gasteiger partial charge is 0.469 e. The molecule has 1 saturated heterocycles. The number of carbonyl (C=O) groups excluding carboxylic acids is 3. The van der Waals surface area contributed by atoms with E-state index in [1.165, 1.54) is 12.7 Å². The summed E-state index contributed by atoms with van der Waals surface area (Å²) in [6.45, 7) is 0.559. The summed E-state index contributed by atoms with van der Waals surface area (Å²) in [5.41, 5.74) is 6.51. The standard InChI is InChI=1S/C18H24N2O4/c1-24-17(22)11-14-10-15(12-16(19)21)20(18(14)23)9-5-8-13-6-3-2-4-7-13/h2-4,6-7,14-15H,5,8-12H2,1H3,(H2,19,21)/t14-,15-/m0/s1. The predicted octanol–water partition coefficient (Wildman–Crippen LogP) is 1.27. The summed E-state index contributed by atoms with van der Waals surface area (Å²) in [6.07, 6.45) is 2.32. The van der Waals surface area contributed by atoms with Crippen molar-refractivity contribution in [1.29, 1.82) is 0 Å². The minimum Gasteiger partial charge on any atom is -0.469 e. The fourth-order valence-electron chi connectivity index (χ4n) is 3.24. The Morgan fingerprint density at radius 1 is 1.25 bits per heavy atom. The fraction of sp³-hybridized carbons (Fsp3) is 0.500.